The van der Waals surface area contributed by atoms with Gasteiger partial charge in [0.25, 0.3) is 0 Å². The van der Waals surface area contributed by atoms with Crippen LogP contribution in [0.4, 0.5) is 0 Å². The number of benzene rings is 1. The highest BCUT2D eigenvalue weighted by atomic mass is 35.5. The Bertz CT molecular complexity index is 530. The molecule has 0 spiro atoms. The van der Waals surface area contributed by atoms with Gasteiger partial charge in [-0.25, -0.2) is 0 Å². The minimum Gasteiger partial charge on any atom is -0.143 e. The zero-order chi connectivity index (χ0) is 13.9. The van der Waals surface area contributed by atoms with Gasteiger partial charge in [0.2, 0.25) is 0 Å². The maximum atomic E-state index is 5.71. The van der Waals surface area contributed by atoms with E-state index >= 15 is 0 Å². The van der Waals surface area contributed by atoms with Crippen LogP contribution in [0.15, 0.2) is 41.4 Å². The number of aromatic nitrogens is 2. The van der Waals surface area contributed by atoms with E-state index in [0.29, 0.717) is 5.15 Å². The van der Waals surface area contributed by atoms with Gasteiger partial charge in [0, 0.05) is 5.75 Å². The highest BCUT2D eigenvalue weighted by Crippen LogP contribution is 2.25. The third-order valence-electron chi connectivity index (χ3n) is 2.81. The first-order valence-corrected chi connectivity index (χ1v) is 7.53. The maximum absolute atomic E-state index is 5.71. The molecule has 4 heteroatoms. The molecular weight excluding hydrogens is 276 g/mol. The summed E-state index contributed by atoms with van der Waals surface area (Å²) in [4.78, 5) is 0. The molecule has 0 saturated heterocycles. The van der Waals surface area contributed by atoms with Crippen molar-refractivity contribution in [3.63, 3.8) is 0 Å². The lowest BCUT2D eigenvalue weighted by Crippen LogP contribution is -2.10. The molecule has 2 nitrogen and oxygen atoms in total. The van der Waals surface area contributed by atoms with Crippen LogP contribution < -0.4 is 0 Å². The van der Waals surface area contributed by atoms with Crippen molar-refractivity contribution < 1.29 is 0 Å². The second-order valence-electron chi connectivity index (χ2n) is 5.43. The number of hydrogen-bond donors (Lipinski definition) is 0. The molecule has 0 N–H and O–H groups in total. The van der Waals surface area contributed by atoms with Gasteiger partial charge in [-0.15, -0.1) is 10.2 Å². The third-order valence-corrected chi connectivity index (χ3v) is 4.01. The van der Waals surface area contributed by atoms with Gasteiger partial charge in [-0.1, -0.05) is 68.4 Å². The highest BCUT2D eigenvalue weighted by Gasteiger charge is 2.12. The van der Waals surface area contributed by atoms with E-state index in [0.717, 1.165) is 10.8 Å². The Kier molecular flexibility index (Phi) is 4.48. The van der Waals surface area contributed by atoms with E-state index in [1.807, 2.05) is 6.07 Å². The van der Waals surface area contributed by atoms with Crippen molar-refractivity contribution >= 4 is 23.4 Å². The molecule has 0 saturated carbocycles. The summed E-state index contributed by atoms with van der Waals surface area (Å²) >= 11 is 7.37. The smallest absolute Gasteiger partial charge is 0.143 e. The van der Waals surface area contributed by atoms with Crippen LogP contribution in [0.2, 0.25) is 5.15 Å². The Labute approximate surface area is 123 Å². The summed E-state index contributed by atoms with van der Waals surface area (Å²) in [6.07, 6.45) is 0. The molecule has 1 aromatic carbocycles. The Morgan fingerprint density at radius 1 is 1.00 bits per heavy atom. The molecule has 0 bridgehead atoms. The van der Waals surface area contributed by atoms with Crippen LogP contribution in [0.1, 0.15) is 31.9 Å². The first-order chi connectivity index (χ1) is 8.95. The van der Waals surface area contributed by atoms with Gasteiger partial charge in [0.05, 0.1) is 0 Å². The van der Waals surface area contributed by atoms with E-state index in [2.05, 4.69) is 55.2 Å². The number of hydrogen-bond acceptors (Lipinski definition) is 3. The highest BCUT2D eigenvalue weighted by molar-refractivity contribution is 7.98. The lowest BCUT2D eigenvalue weighted by atomic mass is 9.87. The molecule has 0 radical (unpaired) electrons. The molecule has 0 aliphatic heterocycles. The van der Waals surface area contributed by atoms with E-state index < -0.39 is 0 Å². The second-order valence-corrected chi connectivity index (χ2v) is 6.81. The van der Waals surface area contributed by atoms with Crippen molar-refractivity contribution in [3.8, 4) is 0 Å². The summed E-state index contributed by atoms with van der Waals surface area (Å²) in [5, 5.41) is 9.19. The zero-order valence-corrected chi connectivity index (χ0v) is 12.9. The molecular formula is C15H17ClN2S. The molecule has 0 fully saturated rings. The fourth-order valence-corrected chi connectivity index (χ4v) is 2.51. The van der Waals surface area contributed by atoms with Crippen LogP contribution in [0.3, 0.4) is 0 Å². The molecule has 0 amide bonds. The van der Waals surface area contributed by atoms with Crippen LogP contribution in [-0.2, 0) is 11.2 Å². The Morgan fingerprint density at radius 3 is 2.21 bits per heavy atom. The van der Waals surface area contributed by atoms with Gasteiger partial charge < -0.3 is 0 Å². The zero-order valence-electron chi connectivity index (χ0n) is 11.4. The average Bonchev–Trinajstić information content (AvgIpc) is 2.37. The van der Waals surface area contributed by atoms with E-state index in [1.54, 1.807) is 17.8 Å². The van der Waals surface area contributed by atoms with Gasteiger partial charge in [0.1, 0.15) is 5.03 Å². The summed E-state index contributed by atoms with van der Waals surface area (Å²) in [7, 11) is 0. The maximum Gasteiger partial charge on any atom is 0.151 e. The summed E-state index contributed by atoms with van der Waals surface area (Å²) < 4.78 is 0. The van der Waals surface area contributed by atoms with E-state index in [4.69, 9.17) is 11.6 Å². The van der Waals surface area contributed by atoms with Crippen molar-refractivity contribution in [2.45, 2.75) is 37.0 Å². The fraction of sp³-hybridized carbons (Fsp3) is 0.333. The Balaban J connectivity index is 1.98. The van der Waals surface area contributed by atoms with Gasteiger partial charge in [-0.3, -0.25) is 0 Å². The van der Waals surface area contributed by atoms with Crippen LogP contribution in [0.25, 0.3) is 0 Å². The van der Waals surface area contributed by atoms with Crippen molar-refractivity contribution in [1.82, 2.24) is 10.2 Å². The van der Waals surface area contributed by atoms with Crippen molar-refractivity contribution in [3.05, 3.63) is 52.7 Å². The molecule has 2 rings (SSSR count). The predicted molar refractivity (Wildman–Crippen MR) is 81.7 cm³/mol. The summed E-state index contributed by atoms with van der Waals surface area (Å²) in [5.41, 5.74) is 2.84. The molecule has 100 valence electrons. The molecule has 2 aromatic rings. The normalized spacial score (nSPS) is 11.6. The first-order valence-electron chi connectivity index (χ1n) is 6.16. The summed E-state index contributed by atoms with van der Waals surface area (Å²) in [6.45, 7) is 6.67. The molecule has 0 aliphatic carbocycles. The van der Waals surface area contributed by atoms with Gasteiger partial charge in [-0.2, -0.15) is 0 Å². The SMILES string of the molecule is CC(C)(C)c1ccc(CSc2ccc(Cl)nn2)cc1. The largest absolute Gasteiger partial charge is 0.151 e. The van der Waals surface area contributed by atoms with E-state index in [-0.39, 0.29) is 5.41 Å². The summed E-state index contributed by atoms with van der Waals surface area (Å²) in [5.74, 6) is 0.890. The average molecular weight is 293 g/mol. The minimum atomic E-state index is 0.202. The summed E-state index contributed by atoms with van der Waals surface area (Å²) in [6, 6.07) is 12.4. The number of rotatable bonds is 3. The Morgan fingerprint density at radius 2 is 1.68 bits per heavy atom. The van der Waals surface area contributed by atoms with Gasteiger partial charge in [0.15, 0.2) is 5.15 Å². The van der Waals surface area contributed by atoms with Crippen LogP contribution in [0, 0.1) is 0 Å². The number of thioether (sulfide) groups is 1. The lowest BCUT2D eigenvalue weighted by molar-refractivity contribution is 0.590. The third kappa shape index (κ3) is 4.22. The van der Waals surface area contributed by atoms with Crippen molar-refractivity contribution in [2.75, 3.05) is 0 Å². The monoisotopic (exact) mass is 292 g/mol. The predicted octanol–water partition coefficient (Wildman–Crippen LogP) is 4.72. The van der Waals surface area contributed by atoms with Crippen molar-refractivity contribution in [2.24, 2.45) is 0 Å². The number of nitrogens with zero attached hydrogens (tertiary/aromatic N) is 2. The first kappa shape index (κ1) is 14.4. The molecule has 0 aliphatic rings. The standard InChI is InChI=1S/C15H17ClN2S/c1-15(2,3)12-6-4-11(5-7-12)10-19-14-9-8-13(16)17-18-14/h4-9H,10H2,1-3H3. The minimum absolute atomic E-state index is 0.202. The molecule has 0 atom stereocenters. The van der Waals surface area contributed by atoms with Crippen LogP contribution in [0.5, 0.6) is 0 Å². The van der Waals surface area contributed by atoms with Crippen LogP contribution in [-0.4, -0.2) is 10.2 Å². The lowest BCUT2D eigenvalue weighted by Gasteiger charge is -2.19. The second kappa shape index (κ2) is 5.93. The van der Waals surface area contributed by atoms with Crippen LogP contribution >= 0.6 is 23.4 Å². The topological polar surface area (TPSA) is 25.8 Å². The fourth-order valence-electron chi connectivity index (χ4n) is 1.64. The molecule has 19 heavy (non-hydrogen) atoms. The van der Waals surface area contributed by atoms with Gasteiger partial charge in [-0.05, 0) is 28.7 Å². The Hall–Kier alpha value is -1.06. The van der Waals surface area contributed by atoms with E-state index in [1.165, 1.54) is 11.1 Å². The van der Waals surface area contributed by atoms with Gasteiger partial charge >= 0.3 is 0 Å². The van der Waals surface area contributed by atoms with Crippen molar-refractivity contribution in [1.29, 1.82) is 0 Å². The molecule has 1 heterocycles. The quantitative estimate of drug-likeness (QED) is 0.766. The molecule has 1 aromatic heterocycles. The van der Waals surface area contributed by atoms with E-state index in [9.17, 15) is 0 Å². The number of halogens is 1. The molecule has 0 unspecified atom stereocenters.